The smallest absolute Gasteiger partial charge is 0.748 e. The first kappa shape index (κ1) is 35.1. The van der Waals surface area contributed by atoms with Crippen LogP contribution in [0.5, 0.6) is 0 Å². The van der Waals surface area contributed by atoms with Crippen molar-refractivity contribution >= 4 is 31.6 Å². The van der Waals surface area contributed by atoms with Crippen molar-refractivity contribution in [3.63, 3.8) is 0 Å². The minimum absolute atomic E-state index is 0. The molecule has 0 saturated heterocycles. The fourth-order valence-electron chi connectivity index (χ4n) is 6.08. The summed E-state index contributed by atoms with van der Waals surface area (Å²) < 4.78 is 68.2. The Labute approximate surface area is 292 Å². The van der Waals surface area contributed by atoms with Gasteiger partial charge in [0.1, 0.15) is 21.8 Å². The molecule has 220 valence electrons. The van der Waals surface area contributed by atoms with E-state index in [1.54, 1.807) is 0 Å². The Kier molecular flexibility index (Phi) is 11.5. The number of allylic oxidation sites excluding steroid dienone is 7. The topological polar surface area (TPSA) is 122 Å². The van der Waals surface area contributed by atoms with Gasteiger partial charge in [-0.2, -0.15) is 0 Å². The number of fused-ring (bicyclic) bond motifs is 2. The molecule has 2 aliphatic heterocycles. The molecule has 0 spiro atoms. The first-order chi connectivity index (χ1) is 19.1. The van der Waals surface area contributed by atoms with E-state index in [2.05, 4.69) is 39.8 Å². The summed E-state index contributed by atoms with van der Waals surface area (Å²) >= 11 is 0. The molecule has 0 aliphatic carbocycles. The van der Waals surface area contributed by atoms with Crippen LogP contribution in [0.1, 0.15) is 38.8 Å². The summed E-state index contributed by atoms with van der Waals surface area (Å²) in [6.07, 6.45) is 13.5. The minimum atomic E-state index is -4.36. The zero-order valence-corrected chi connectivity index (χ0v) is 29.5. The molecule has 0 fully saturated rings. The summed E-state index contributed by atoms with van der Waals surface area (Å²) in [6, 6.07) is 15.7. The molecule has 0 bridgehead atoms. The van der Waals surface area contributed by atoms with E-state index < -0.39 is 31.7 Å². The van der Waals surface area contributed by atoms with Gasteiger partial charge >= 0.3 is 51.4 Å². The van der Waals surface area contributed by atoms with Crippen LogP contribution in [0, 0.1) is 0 Å². The van der Waals surface area contributed by atoms with E-state index >= 15 is 0 Å². The van der Waals surface area contributed by atoms with Crippen LogP contribution in [0.25, 0.3) is 0 Å². The number of benzene rings is 2. The Morgan fingerprint density at radius 2 is 1.38 bits per heavy atom. The van der Waals surface area contributed by atoms with Gasteiger partial charge in [0.05, 0.1) is 33.6 Å². The standard InChI is InChI=1S/C31H38N2O6S2.K/c1-30(2)24-14-10-12-16-26(24)32(20-22-40(34,35)36)28(30)18-8-6-5-7-9-19-29-31(3,4)25-15-11-13-17-27(25)33(29)21-23-41(37,38)39;/h5-19,28H,20-23H2,1-4H3,(H,34,35,36)(H,37,38,39);/q;+1/p-1/b6-5+,9-7+,18-8+,29-19+;. The summed E-state index contributed by atoms with van der Waals surface area (Å²) in [7, 11) is -8.69. The van der Waals surface area contributed by atoms with Gasteiger partial charge in [-0.25, -0.2) is 16.8 Å². The number of hydrogen-bond donors (Lipinski definition) is 1. The van der Waals surface area contributed by atoms with Crippen molar-refractivity contribution in [1.82, 2.24) is 0 Å². The van der Waals surface area contributed by atoms with Crippen molar-refractivity contribution in [3.05, 3.63) is 108 Å². The summed E-state index contributed by atoms with van der Waals surface area (Å²) in [5.41, 5.74) is 4.39. The fraction of sp³-hybridized carbons (Fsp3) is 0.355. The minimum Gasteiger partial charge on any atom is -0.748 e. The van der Waals surface area contributed by atoms with Gasteiger partial charge in [0.15, 0.2) is 0 Å². The molecule has 2 aliphatic rings. The van der Waals surface area contributed by atoms with Crippen molar-refractivity contribution in [3.8, 4) is 0 Å². The molecule has 0 aromatic heterocycles. The Balaban J connectivity index is 0.00000484. The molecule has 42 heavy (non-hydrogen) atoms. The van der Waals surface area contributed by atoms with Gasteiger partial charge in [0, 0.05) is 28.9 Å². The van der Waals surface area contributed by atoms with Gasteiger partial charge in [-0.1, -0.05) is 80.6 Å². The Morgan fingerprint density at radius 1 is 0.810 bits per heavy atom. The molecule has 0 amide bonds. The molecule has 2 atom stereocenters. The van der Waals surface area contributed by atoms with E-state index in [1.165, 1.54) is 0 Å². The monoisotopic (exact) mass is 636 g/mol. The average molecular weight is 637 g/mol. The number of nitrogens with one attached hydrogen (secondary N) is 1. The second kappa shape index (κ2) is 13.7. The molecule has 0 radical (unpaired) electrons. The van der Waals surface area contributed by atoms with Crippen LogP contribution in [-0.2, 0) is 31.1 Å². The normalized spacial score (nSPS) is 22.2. The zero-order valence-electron chi connectivity index (χ0n) is 24.8. The number of anilines is 1. The quantitative estimate of drug-likeness (QED) is 0.226. The third-order valence-electron chi connectivity index (χ3n) is 8.11. The maximum atomic E-state index is 11.4. The van der Waals surface area contributed by atoms with E-state index in [-0.39, 0.29) is 81.3 Å². The maximum Gasteiger partial charge on any atom is 1.00 e. The third kappa shape index (κ3) is 8.01. The second-order valence-corrected chi connectivity index (χ2v) is 14.6. The molecule has 0 saturated carbocycles. The third-order valence-corrected chi connectivity index (χ3v) is 9.49. The van der Waals surface area contributed by atoms with Gasteiger partial charge in [0.25, 0.3) is 0 Å². The Bertz CT molecular complexity index is 1630. The van der Waals surface area contributed by atoms with Crippen LogP contribution in [0.3, 0.4) is 0 Å². The van der Waals surface area contributed by atoms with Crippen LogP contribution in [0.2, 0.25) is 0 Å². The first-order valence-electron chi connectivity index (χ1n) is 13.5. The molecule has 2 unspecified atom stereocenters. The van der Waals surface area contributed by atoms with E-state index in [9.17, 15) is 25.9 Å². The van der Waals surface area contributed by atoms with Gasteiger partial charge in [0.2, 0.25) is 0 Å². The number of hydrogen-bond acceptors (Lipinski definition) is 7. The van der Waals surface area contributed by atoms with Crippen LogP contribution < -0.4 is 61.2 Å². The van der Waals surface area contributed by atoms with E-state index in [1.807, 2.05) is 83.8 Å². The molecule has 1 N–H and O–H groups in total. The van der Waals surface area contributed by atoms with Crippen molar-refractivity contribution in [1.29, 1.82) is 0 Å². The molecule has 2 aromatic rings. The van der Waals surface area contributed by atoms with Gasteiger partial charge < -0.3 is 14.0 Å². The molecule has 8 nitrogen and oxygen atoms in total. The molecule has 4 rings (SSSR count). The van der Waals surface area contributed by atoms with Crippen molar-refractivity contribution in [2.24, 2.45) is 0 Å². The molecule has 11 heteroatoms. The van der Waals surface area contributed by atoms with E-state index in [0.717, 1.165) is 33.1 Å². The maximum absolute atomic E-state index is 11.4. The predicted octanol–water partition coefficient (Wildman–Crippen LogP) is 0.308. The largest absolute Gasteiger partial charge is 1.00 e. The first-order valence-corrected chi connectivity index (χ1v) is 16.7. The molecule has 2 heterocycles. The van der Waals surface area contributed by atoms with Crippen LogP contribution in [-0.4, -0.2) is 56.6 Å². The fourth-order valence-corrected chi connectivity index (χ4v) is 6.95. The molecular weight excluding hydrogens is 600 g/mol. The van der Waals surface area contributed by atoms with Crippen molar-refractivity contribution in [2.75, 3.05) is 29.5 Å². The predicted molar refractivity (Wildman–Crippen MR) is 160 cm³/mol. The van der Waals surface area contributed by atoms with Gasteiger partial charge in [-0.05, 0) is 43.7 Å². The van der Waals surface area contributed by atoms with E-state index in [0.29, 0.717) is 0 Å². The molecular formula is C31H37KN2O6S2. The summed E-state index contributed by atoms with van der Waals surface area (Å²) in [5, 5.41) is 0. The SMILES string of the molecule is CC1(C)\C(=C/C=C/C=C/C=C/C2[NH+](CCS(=O)(=O)[O-])c3ccccc3C2(C)C)N(CCS(=O)(=O)[O-])c2ccccc21.[K+]. The summed E-state index contributed by atoms with van der Waals surface area (Å²) in [4.78, 5) is 2.86. The van der Waals surface area contributed by atoms with Crippen molar-refractivity contribution < 1.29 is 82.2 Å². The number of rotatable bonds is 10. The Hall–Kier alpha value is -1.38. The average Bonchev–Trinajstić information content (AvgIpc) is 3.23. The number of quaternary nitrogens is 1. The van der Waals surface area contributed by atoms with E-state index in [4.69, 9.17) is 0 Å². The zero-order chi connectivity index (χ0) is 30.1. The van der Waals surface area contributed by atoms with Gasteiger partial charge in [-0.3, -0.25) is 4.90 Å². The van der Waals surface area contributed by atoms with Crippen molar-refractivity contribution in [2.45, 2.75) is 44.6 Å². The Morgan fingerprint density at radius 3 is 2.05 bits per heavy atom. The summed E-state index contributed by atoms with van der Waals surface area (Å²) in [6.45, 7) is 8.67. The number of para-hydroxylation sites is 2. The van der Waals surface area contributed by atoms with Crippen LogP contribution in [0.15, 0.2) is 96.8 Å². The van der Waals surface area contributed by atoms with Gasteiger partial charge in [-0.15, -0.1) is 0 Å². The second-order valence-electron chi connectivity index (χ2n) is 11.5. The van der Waals surface area contributed by atoms with Crippen LogP contribution >= 0.6 is 0 Å². The number of nitrogens with zero attached hydrogens (tertiary/aromatic N) is 1. The molecule has 2 aromatic carbocycles. The summed E-state index contributed by atoms with van der Waals surface area (Å²) in [5.74, 6) is -0.910. The van der Waals surface area contributed by atoms with Crippen LogP contribution in [0.4, 0.5) is 11.4 Å².